The summed E-state index contributed by atoms with van der Waals surface area (Å²) in [6, 6.07) is 0.865. The molecule has 0 N–H and O–H groups in total. The first-order valence-electron chi connectivity index (χ1n) is 8.48. The van der Waals surface area contributed by atoms with Crippen LogP contribution < -0.4 is 0 Å². The van der Waals surface area contributed by atoms with Gasteiger partial charge in [-0.2, -0.15) is 0 Å². The van der Waals surface area contributed by atoms with Crippen LogP contribution in [0.15, 0.2) is 12.7 Å². The Morgan fingerprint density at radius 1 is 1.41 bits per heavy atom. The second-order valence-corrected chi connectivity index (χ2v) is 6.31. The van der Waals surface area contributed by atoms with E-state index < -0.39 is 0 Å². The minimum absolute atomic E-state index is 0.114. The van der Waals surface area contributed by atoms with Gasteiger partial charge in [0.05, 0.1) is 6.61 Å². The fourth-order valence-corrected chi connectivity index (χ4v) is 3.33. The molecule has 0 aliphatic carbocycles. The molecule has 2 heterocycles. The number of carbonyl (C=O) groups is 1. The smallest absolute Gasteiger partial charge is 0.251 e. The Morgan fingerprint density at radius 3 is 2.77 bits per heavy atom. The van der Waals surface area contributed by atoms with Gasteiger partial charge in [-0.25, -0.2) is 0 Å². The van der Waals surface area contributed by atoms with Gasteiger partial charge < -0.3 is 14.4 Å². The van der Waals surface area contributed by atoms with Crippen molar-refractivity contribution in [1.29, 1.82) is 0 Å². The maximum atomic E-state index is 12.5. The van der Waals surface area contributed by atoms with Crippen molar-refractivity contribution in [1.82, 2.24) is 9.80 Å². The minimum Gasteiger partial charge on any atom is -0.381 e. The van der Waals surface area contributed by atoms with E-state index in [1.165, 1.54) is 0 Å². The van der Waals surface area contributed by atoms with Crippen LogP contribution in [-0.4, -0.2) is 73.3 Å². The molecule has 0 unspecified atom stereocenters. The van der Waals surface area contributed by atoms with Crippen LogP contribution >= 0.6 is 0 Å². The van der Waals surface area contributed by atoms with Gasteiger partial charge in [0, 0.05) is 44.9 Å². The average Bonchev–Trinajstić information content (AvgIpc) is 2.55. The number of amides is 1. The maximum Gasteiger partial charge on any atom is 0.251 e. The first-order chi connectivity index (χ1) is 10.6. The molecule has 5 nitrogen and oxygen atoms in total. The number of rotatable bonds is 6. The molecule has 0 bridgehead atoms. The second kappa shape index (κ2) is 8.65. The van der Waals surface area contributed by atoms with E-state index in [0.29, 0.717) is 12.6 Å². The number of carbonyl (C=O) groups excluding carboxylic acids is 1. The Kier molecular flexibility index (Phi) is 6.86. The van der Waals surface area contributed by atoms with Crippen LogP contribution in [0.1, 0.15) is 33.1 Å². The Balaban J connectivity index is 1.81. The summed E-state index contributed by atoms with van der Waals surface area (Å²) in [5.74, 6) is 0.114. The van der Waals surface area contributed by atoms with E-state index in [1.807, 2.05) is 17.9 Å². The molecule has 2 rings (SSSR count). The summed E-state index contributed by atoms with van der Waals surface area (Å²) in [6.45, 7) is 12.7. The first-order valence-corrected chi connectivity index (χ1v) is 8.48. The quantitative estimate of drug-likeness (QED) is 0.553. The summed E-state index contributed by atoms with van der Waals surface area (Å²) < 4.78 is 11.0. The molecule has 2 fully saturated rings. The van der Waals surface area contributed by atoms with Gasteiger partial charge in [0.1, 0.15) is 6.10 Å². The lowest BCUT2D eigenvalue weighted by Crippen LogP contribution is -2.58. The third-order valence-corrected chi connectivity index (χ3v) is 4.69. The van der Waals surface area contributed by atoms with Crippen molar-refractivity contribution in [3.05, 3.63) is 12.7 Å². The monoisotopic (exact) mass is 310 g/mol. The molecule has 5 heteroatoms. The van der Waals surface area contributed by atoms with E-state index in [1.54, 1.807) is 0 Å². The molecule has 2 aliphatic heterocycles. The Labute approximate surface area is 134 Å². The molecule has 2 atom stereocenters. The van der Waals surface area contributed by atoms with Crippen molar-refractivity contribution >= 4 is 5.91 Å². The van der Waals surface area contributed by atoms with Gasteiger partial charge in [-0.1, -0.05) is 6.08 Å². The van der Waals surface area contributed by atoms with Crippen molar-refractivity contribution in [3.8, 4) is 0 Å². The highest BCUT2D eigenvalue weighted by molar-refractivity contribution is 5.81. The summed E-state index contributed by atoms with van der Waals surface area (Å²) in [7, 11) is 0. The van der Waals surface area contributed by atoms with Crippen molar-refractivity contribution in [2.75, 3.05) is 39.5 Å². The summed E-state index contributed by atoms with van der Waals surface area (Å²) in [6.07, 6.45) is 4.46. The summed E-state index contributed by atoms with van der Waals surface area (Å²) in [4.78, 5) is 17.0. The average molecular weight is 310 g/mol. The predicted molar refractivity (Wildman–Crippen MR) is 86.8 cm³/mol. The molecule has 0 radical (unpaired) electrons. The summed E-state index contributed by atoms with van der Waals surface area (Å²) in [5, 5.41) is 0. The van der Waals surface area contributed by atoms with Crippen molar-refractivity contribution in [2.24, 2.45) is 0 Å². The third-order valence-electron chi connectivity index (χ3n) is 4.69. The van der Waals surface area contributed by atoms with E-state index in [4.69, 9.17) is 9.47 Å². The van der Waals surface area contributed by atoms with Crippen LogP contribution in [0.3, 0.4) is 0 Å². The Bertz CT molecular complexity index is 369. The molecule has 22 heavy (non-hydrogen) atoms. The van der Waals surface area contributed by atoms with E-state index >= 15 is 0 Å². The van der Waals surface area contributed by atoms with E-state index in [0.717, 1.165) is 52.1 Å². The molecule has 1 amide bonds. The molecule has 2 saturated heterocycles. The van der Waals surface area contributed by atoms with Gasteiger partial charge in [-0.05, 0) is 33.1 Å². The zero-order valence-electron chi connectivity index (χ0n) is 14.0. The van der Waals surface area contributed by atoms with Gasteiger partial charge >= 0.3 is 0 Å². The third kappa shape index (κ3) is 4.54. The van der Waals surface area contributed by atoms with Crippen LogP contribution in [0.4, 0.5) is 0 Å². The standard InChI is InChI=1S/C17H30N2O3/c1-4-5-10-22-15(3)17(20)19-9-8-18(13-14(19)2)16-6-11-21-12-7-16/h4,14-16H,1,5-13H2,2-3H3/t14-,15+/m0/s1. The van der Waals surface area contributed by atoms with Gasteiger partial charge in [-0.15, -0.1) is 6.58 Å². The van der Waals surface area contributed by atoms with Crippen molar-refractivity contribution in [2.45, 2.75) is 51.3 Å². The molecular formula is C17H30N2O3. The molecule has 0 aromatic rings. The Morgan fingerprint density at radius 2 is 2.14 bits per heavy atom. The van der Waals surface area contributed by atoms with Gasteiger partial charge in [-0.3, -0.25) is 9.69 Å². The van der Waals surface area contributed by atoms with Gasteiger partial charge in [0.25, 0.3) is 5.91 Å². The van der Waals surface area contributed by atoms with Gasteiger partial charge in [0.15, 0.2) is 0 Å². The zero-order valence-corrected chi connectivity index (χ0v) is 14.0. The van der Waals surface area contributed by atoms with Crippen LogP contribution in [0.5, 0.6) is 0 Å². The zero-order chi connectivity index (χ0) is 15.9. The lowest BCUT2D eigenvalue weighted by Gasteiger charge is -2.44. The molecule has 0 aromatic carbocycles. The number of hydrogen-bond acceptors (Lipinski definition) is 4. The minimum atomic E-state index is -0.364. The largest absolute Gasteiger partial charge is 0.381 e. The summed E-state index contributed by atoms with van der Waals surface area (Å²) >= 11 is 0. The first kappa shape index (κ1) is 17.4. The van der Waals surface area contributed by atoms with Gasteiger partial charge in [0.2, 0.25) is 0 Å². The summed E-state index contributed by atoms with van der Waals surface area (Å²) in [5.41, 5.74) is 0. The lowest BCUT2D eigenvalue weighted by molar-refractivity contribution is -0.148. The number of hydrogen-bond donors (Lipinski definition) is 0. The number of ether oxygens (including phenoxy) is 2. The molecule has 126 valence electrons. The number of nitrogens with zero attached hydrogens (tertiary/aromatic N) is 2. The molecular weight excluding hydrogens is 280 g/mol. The van der Waals surface area contributed by atoms with Crippen LogP contribution in [0, 0.1) is 0 Å². The highest BCUT2D eigenvalue weighted by Gasteiger charge is 2.33. The van der Waals surface area contributed by atoms with E-state index in [2.05, 4.69) is 18.4 Å². The van der Waals surface area contributed by atoms with Crippen LogP contribution in [0.2, 0.25) is 0 Å². The SMILES string of the molecule is C=CCCO[C@H](C)C(=O)N1CCN(C2CCOCC2)C[C@@H]1C. The van der Waals surface area contributed by atoms with Crippen LogP contribution in [-0.2, 0) is 14.3 Å². The second-order valence-electron chi connectivity index (χ2n) is 6.31. The lowest BCUT2D eigenvalue weighted by atomic mass is 10.0. The van der Waals surface area contributed by atoms with Crippen molar-refractivity contribution < 1.29 is 14.3 Å². The van der Waals surface area contributed by atoms with E-state index in [-0.39, 0.29) is 18.1 Å². The Hall–Kier alpha value is -0.910. The van der Waals surface area contributed by atoms with Crippen molar-refractivity contribution in [3.63, 3.8) is 0 Å². The highest BCUT2D eigenvalue weighted by Crippen LogP contribution is 2.20. The predicted octanol–water partition coefficient (Wildman–Crippen LogP) is 1.68. The maximum absolute atomic E-state index is 12.5. The number of piperazine rings is 1. The molecule has 0 spiro atoms. The van der Waals surface area contributed by atoms with E-state index in [9.17, 15) is 4.79 Å². The molecule has 0 saturated carbocycles. The normalized spacial score (nSPS) is 25.9. The van der Waals surface area contributed by atoms with Crippen LogP contribution in [0.25, 0.3) is 0 Å². The topological polar surface area (TPSA) is 42.0 Å². The fraction of sp³-hybridized carbons (Fsp3) is 0.824. The molecule has 0 aromatic heterocycles. The molecule has 2 aliphatic rings. The fourth-order valence-electron chi connectivity index (χ4n) is 3.33. The highest BCUT2D eigenvalue weighted by atomic mass is 16.5.